The number of aliphatic hydroxyl groups excluding tert-OH is 1. The molecule has 0 aliphatic heterocycles. The van der Waals surface area contributed by atoms with Crippen LogP contribution in [0.4, 0.5) is 0 Å². The lowest BCUT2D eigenvalue weighted by molar-refractivity contribution is -0.123. The van der Waals surface area contributed by atoms with Crippen LogP contribution in [-0.2, 0) is 9.53 Å². The maximum absolute atomic E-state index is 11.9. The van der Waals surface area contributed by atoms with Gasteiger partial charge < -0.3 is 19.9 Å². The average molecular weight is 390 g/mol. The van der Waals surface area contributed by atoms with E-state index < -0.39 is 0 Å². The summed E-state index contributed by atoms with van der Waals surface area (Å²) in [4.78, 5) is 11.9. The minimum absolute atomic E-state index is 0.0766. The highest BCUT2D eigenvalue weighted by Crippen LogP contribution is 2.27. The summed E-state index contributed by atoms with van der Waals surface area (Å²) in [6, 6.07) is 6.71. The zero-order valence-electron chi connectivity index (χ0n) is 12.7. The Labute approximate surface area is 154 Å². The molecule has 0 aliphatic carbocycles. The number of thiophene rings is 1. The van der Waals surface area contributed by atoms with E-state index in [0.29, 0.717) is 15.8 Å². The molecule has 0 fully saturated rings. The van der Waals surface area contributed by atoms with Gasteiger partial charge >= 0.3 is 0 Å². The molecule has 1 amide bonds. The van der Waals surface area contributed by atoms with E-state index in [1.165, 1.54) is 0 Å². The van der Waals surface area contributed by atoms with Crippen LogP contribution in [-0.4, -0.2) is 37.4 Å². The number of aliphatic hydroxyl groups is 1. The maximum atomic E-state index is 11.9. The number of halogens is 2. The van der Waals surface area contributed by atoms with Crippen LogP contribution >= 0.6 is 34.5 Å². The van der Waals surface area contributed by atoms with Crippen LogP contribution in [0.2, 0.25) is 10.0 Å². The molecular formula is C16H17Cl2NO4S. The average Bonchev–Trinajstić information content (AvgIpc) is 3.08. The summed E-state index contributed by atoms with van der Waals surface area (Å²) >= 11 is 13.3. The Morgan fingerprint density at radius 2 is 2.17 bits per heavy atom. The van der Waals surface area contributed by atoms with Gasteiger partial charge in [-0.2, -0.15) is 11.3 Å². The second-order valence-electron chi connectivity index (χ2n) is 4.81. The molecule has 1 heterocycles. The van der Waals surface area contributed by atoms with E-state index in [9.17, 15) is 4.79 Å². The van der Waals surface area contributed by atoms with Crippen LogP contribution in [0, 0.1) is 0 Å². The van der Waals surface area contributed by atoms with Crippen LogP contribution < -0.4 is 10.1 Å². The van der Waals surface area contributed by atoms with Crippen molar-refractivity contribution in [1.82, 2.24) is 5.32 Å². The van der Waals surface area contributed by atoms with Gasteiger partial charge in [-0.3, -0.25) is 4.79 Å². The topological polar surface area (TPSA) is 67.8 Å². The number of hydrogen-bond acceptors (Lipinski definition) is 5. The van der Waals surface area contributed by atoms with Gasteiger partial charge in [0.1, 0.15) is 11.9 Å². The van der Waals surface area contributed by atoms with E-state index in [2.05, 4.69) is 5.32 Å². The molecule has 2 N–H and O–H groups in total. The zero-order valence-corrected chi connectivity index (χ0v) is 15.0. The van der Waals surface area contributed by atoms with E-state index in [1.54, 1.807) is 29.5 Å². The van der Waals surface area contributed by atoms with Crippen molar-refractivity contribution in [3.05, 3.63) is 50.6 Å². The van der Waals surface area contributed by atoms with Crippen LogP contribution in [0.25, 0.3) is 0 Å². The van der Waals surface area contributed by atoms with Gasteiger partial charge in [0.25, 0.3) is 5.91 Å². The molecule has 24 heavy (non-hydrogen) atoms. The van der Waals surface area contributed by atoms with Crippen molar-refractivity contribution in [3.63, 3.8) is 0 Å². The molecule has 0 saturated carbocycles. The summed E-state index contributed by atoms with van der Waals surface area (Å²) in [5.74, 6) is 0.0935. The van der Waals surface area contributed by atoms with Crippen molar-refractivity contribution in [2.45, 2.75) is 6.10 Å². The highest BCUT2D eigenvalue weighted by molar-refractivity contribution is 7.07. The van der Waals surface area contributed by atoms with E-state index in [0.717, 1.165) is 5.56 Å². The van der Waals surface area contributed by atoms with Crippen molar-refractivity contribution in [3.8, 4) is 5.75 Å². The standard InChI is InChI=1S/C16H17Cl2NO4S/c17-12-1-2-14(13(18)7-12)23-9-16(21)19-8-15(22-5-4-20)11-3-6-24-10-11/h1-3,6-7,10,15,20H,4-5,8-9H2,(H,19,21)/t15-/m1/s1. The first-order valence-corrected chi connectivity index (χ1v) is 8.89. The van der Waals surface area contributed by atoms with E-state index in [4.69, 9.17) is 37.8 Å². The Hall–Kier alpha value is -1.31. The molecule has 0 spiro atoms. The summed E-state index contributed by atoms with van der Waals surface area (Å²) in [5.41, 5.74) is 0.954. The summed E-state index contributed by atoms with van der Waals surface area (Å²) in [5, 5.41) is 16.4. The van der Waals surface area contributed by atoms with Gasteiger partial charge in [0.15, 0.2) is 6.61 Å². The number of hydrogen-bond donors (Lipinski definition) is 2. The maximum Gasteiger partial charge on any atom is 0.258 e. The largest absolute Gasteiger partial charge is 0.482 e. The third kappa shape index (κ3) is 5.96. The minimum atomic E-state index is -0.313. The minimum Gasteiger partial charge on any atom is -0.482 e. The van der Waals surface area contributed by atoms with Crippen LogP contribution in [0.5, 0.6) is 5.75 Å². The molecule has 0 aliphatic rings. The van der Waals surface area contributed by atoms with Crippen molar-refractivity contribution in [2.24, 2.45) is 0 Å². The molecule has 2 rings (SSSR count). The van der Waals surface area contributed by atoms with Gasteiger partial charge in [-0.15, -0.1) is 0 Å². The molecule has 1 aromatic carbocycles. The summed E-state index contributed by atoms with van der Waals surface area (Å²) in [6.07, 6.45) is -0.313. The summed E-state index contributed by atoms with van der Waals surface area (Å²) in [7, 11) is 0. The normalized spacial score (nSPS) is 12.0. The number of rotatable bonds is 9. The molecular weight excluding hydrogens is 373 g/mol. The fourth-order valence-electron chi connectivity index (χ4n) is 1.92. The Bertz CT molecular complexity index is 652. The number of ether oxygens (including phenoxy) is 2. The van der Waals surface area contributed by atoms with Crippen LogP contribution in [0.15, 0.2) is 35.0 Å². The first kappa shape index (κ1) is 19.0. The number of nitrogens with one attached hydrogen (secondary N) is 1. The predicted molar refractivity (Wildman–Crippen MR) is 95.1 cm³/mol. The molecule has 1 aromatic heterocycles. The molecule has 0 radical (unpaired) electrons. The van der Waals surface area contributed by atoms with Crippen molar-refractivity contribution < 1.29 is 19.4 Å². The molecule has 1 atom stereocenters. The Morgan fingerprint density at radius 1 is 1.33 bits per heavy atom. The molecule has 0 unspecified atom stereocenters. The van der Waals surface area contributed by atoms with Gasteiger partial charge in [-0.1, -0.05) is 23.2 Å². The molecule has 5 nitrogen and oxygen atoms in total. The molecule has 0 bridgehead atoms. The SMILES string of the molecule is O=C(COc1ccc(Cl)cc1Cl)NC[C@@H](OCCO)c1ccsc1. The fraction of sp³-hybridized carbons (Fsp3) is 0.312. The summed E-state index contributed by atoms with van der Waals surface area (Å²) in [6.45, 7) is 0.241. The third-order valence-corrected chi connectivity index (χ3v) is 4.29. The number of carbonyl (C=O) groups excluding carboxylic acids is 1. The van der Waals surface area contributed by atoms with Crippen LogP contribution in [0.3, 0.4) is 0 Å². The number of amides is 1. The second-order valence-corrected chi connectivity index (χ2v) is 6.43. The Kier molecular flexibility index (Phi) is 7.81. The van der Waals surface area contributed by atoms with E-state index in [1.807, 2.05) is 16.8 Å². The molecule has 8 heteroatoms. The van der Waals surface area contributed by atoms with E-state index >= 15 is 0 Å². The summed E-state index contributed by atoms with van der Waals surface area (Å²) < 4.78 is 10.9. The quantitative estimate of drug-likeness (QED) is 0.690. The van der Waals surface area contributed by atoms with Crippen molar-refractivity contribution >= 4 is 40.4 Å². The van der Waals surface area contributed by atoms with Crippen molar-refractivity contribution in [2.75, 3.05) is 26.4 Å². The second kappa shape index (κ2) is 9.86. The van der Waals surface area contributed by atoms with Gasteiger partial charge in [-0.05, 0) is 40.6 Å². The predicted octanol–water partition coefficient (Wildman–Crippen LogP) is 3.30. The van der Waals surface area contributed by atoms with Gasteiger partial charge in [0, 0.05) is 11.6 Å². The lowest BCUT2D eigenvalue weighted by Crippen LogP contribution is -2.33. The monoisotopic (exact) mass is 389 g/mol. The van der Waals surface area contributed by atoms with Crippen LogP contribution in [0.1, 0.15) is 11.7 Å². The molecule has 0 saturated heterocycles. The first-order valence-electron chi connectivity index (χ1n) is 7.19. The zero-order chi connectivity index (χ0) is 17.4. The molecule has 130 valence electrons. The molecule has 2 aromatic rings. The Morgan fingerprint density at radius 3 is 2.83 bits per heavy atom. The van der Waals surface area contributed by atoms with Gasteiger partial charge in [-0.25, -0.2) is 0 Å². The lowest BCUT2D eigenvalue weighted by Gasteiger charge is -2.17. The number of benzene rings is 1. The van der Waals surface area contributed by atoms with Gasteiger partial charge in [0.05, 0.1) is 18.2 Å². The first-order chi connectivity index (χ1) is 11.6. The highest BCUT2D eigenvalue weighted by Gasteiger charge is 2.14. The van der Waals surface area contributed by atoms with E-state index in [-0.39, 0.29) is 38.4 Å². The van der Waals surface area contributed by atoms with Gasteiger partial charge in [0.2, 0.25) is 0 Å². The lowest BCUT2D eigenvalue weighted by atomic mass is 10.2. The number of carbonyl (C=O) groups is 1. The third-order valence-electron chi connectivity index (χ3n) is 3.06. The highest BCUT2D eigenvalue weighted by atomic mass is 35.5. The smallest absolute Gasteiger partial charge is 0.258 e. The fourth-order valence-corrected chi connectivity index (χ4v) is 3.08. The van der Waals surface area contributed by atoms with Crippen molar-refractivity contribution in [1.29, 1.82) is 0 Å². The Balaban J connectivity index is 1.82.